The number of benzene rings is 3. The van der Waals surface area contributed by atoms with Crippen LogP contribution in [-0.2, 0) is 9.84 Å². The highest BCUT2D eigenvalue weighted by Crippen LogP contribution is 2.36. The van der Waals surface area contributed by atoms with Gasteiger partial charge in [0, 0.05) is 12.5 Å². The molecular formula is C26H19Cl2FN2O4S. The van der Waals surface area contributed by atoms with Gasteiger partial charge in [-0.05, 0) is 60.0 Å². The highest BCUT2D eigenvalue weighted by Gasteiger charge is 2.22. The monoisotopic (exact) mass is 544 g/mol. The number of imidazole rings is 1. The van der Waals surface area contributed by atoms with Crippen molar-refractivity contribution in [2.75, 3.05) is 6.26 Å². The van der Waals surface area contributed by atoms with Gasteiger partial charge in [0.05, 0.1) is 37.4 Å². The number of carbonyl (C=O) groups is 1. The number of hydrogen-bond donors (Lipinski definition) is 1. The van der Waals surface area contributed by atoms with Crippen molar-refractivity contribution in [3.63, 3.8) is 0 Å². The second-order valence-electron chi connectivity index (χ2n) is 8.15. The molecule has 0 bridgehead atoms. The van der Waals surface area contributed by atoms with E-state index in [4.69, 9.17) is 23.2 Å². The highest BCUT2D eigenvalue weighted by atomic mass is 35.5. The molecule has 6 nitrogen and oxygen atoms in total. The van der Waals surface area contributed by atoms with Crippen LogP contribution in [-0.4, -0.2) is 35.3 Å². The quantitative estimate of drug-likeness (QED) is 0.288. The van der Waals surface area contributed by atoms with Crippen LogP contribution < -0.4 is 0 Å². The van der Waals surface area contributed by atoms with Gasteiger partial charge in [0.2, 0.25) is 0 Å². The lowest BCUT2D eigenvalue weighted by molar-refractivity contribution is 0.0692. The Kier molecular flexibility index (Phi) is 6.79. The number of aromatic nitrogens is 2. The molecule has 0 aliphatic carbocycles. The van der Waals surface area contributed by atoms with Crippen LogP contribution in [0.2, 0.25) is 10.0 Å². The second-order valence-corrected chi connectivity index (χ2v) is 10.9. The molecule has 0 saturated carbocycles. The molecule has 4 aromatic rings. The van der Waals surface area contributed by atoms with Gasteiger partial charge in [0.15, 0.2) is 9.84 Å². The molecule has 0 aliphatic rings. The molecule has 184 valence electrons. The number of rotatable bonds is 6. The van der Waals surface area contributed by atoms with Crippen LogP contribution in [0.4, 0.5) is 4.39 Å². The lowest BCUT2D eigenvalue weighted by Gasteiger charge is -2.13. The minimum absolute atomic E-state index is 0.105. The Morgan fingerprint density at radius 1 is 1.06 bits per heavy atom. The highest BCUT2D eigenvalue weighted by molar-refractivity contribution is 7.90. The number of sulfone groups is 1. The zero-order valence-corrected chi connectivity index (χ0v) is 21.4. The summed E-state index contributed by atoms with van der Waals surface area (Å²) in [5.41, 5.74) is 2.44. The normalized spacial score (nSPS) is 11.5. The van der Waals surface area contributed by atoms with E-state index in [2.05, 4.69) is 11.6 Å². The van der Waals surface area contributed by atoms with Crippen LogP contribution in [0, 0.1) is 5.82 Å². The smallest absolute Gasteiger partial charge is 0.337 e. The predicted octanol–water partition coefficient (Wildman–Crippen LogP) is 6.79. The van der Waals surface area contributed by atoms with E-state index in [0.29, 0.717) is 28.1 Å². The van der Waals surface area contributed by atoms with Crippen molar-refractivity contribution in [3.05, 3.63) is 94.5 Å². The third-order valence-corrected chi connectivity index (χ3v) is 7.24. The van der Waals surface area contributed by atoms with Gasteiger partial charge < -0.3 is 5.11 Å². The van der Waals surface area contributed by atoms with Crippen molar-refractivity contribution in [2.24, 2.45) is 0 Å². The molecule has 0 amide bonds. The fraction of sp³-hybridized carbons (Fsp3) is 0.0769. The van der Waals surface area contributed by atoms with Gasteiger partial charge >= 0.3 is 5.97 Å². The maximum atomic E-state index is 14.8. The van der Waals surface area contributed by atoms with E-state index >= 15 is 0 Å². The average Bonchev–Trinajstić information content (AvgIpc) is 3.23. The topological polar surface area (TPSA) is 89.3 Å². The molecule has 0 unspecified atom stereocenters. The standard InChI is InChI=1S/C26H19Cl2FN2O4S/c1-14(2)21-13-31(25(30-21)24-18(27)5-4-6-20(24)29)22-10-8-15(11-19(22)28)16-7-9-17(26(32)33)23(12-16)36(3,34)35/h4-13H,1H2,2-3H3,(H,32,33). The molecule has 0 aliphatic heterocycles. The number of halogens is 3. The molecule has 36 heavy (non-hydrogen) atoms. The van der Waals surface area contributed by atoms with E-state index in [-0.39, 0.29) is 31.9 Å². The van der Waals surface area contributed by atoms with Crippen molar-refractivity contribution in [3.8, 4) is 28.2 Å². The summed E-state index contributed by atoms with van der Waals surface area (Å²) in [6.45, 7) is 5.68. The first-order valence-corrected chi connectivity index (χ1v) is 13.1. The number of carboxylic acid groups (broad SMARTS) is 1. The van der Waals surface area contributed by atoms with E-state index in [9.17, 15) is 22.7 Å². The number of nitrogens with zero attached hydrogens (tertiary/aromatic N) is 2. The Morgan fingerprint density at radius 2 is 1.72 bits per heavy atom. The molecule has 0 atom stereocenters. The van der Waals surface area contributed by atoms with E-state index in [1.807, 2.05) is 0 Å². The van der Waals surface area contributed by atoms with Crippen molar-refractivity contribution in [2.45, 2.75) is 11.8 Å². The van der Waals surface area contributed by atoms with Crippen molar-refractivity contribution < 1.29 is 22.7 Å². The summed E-state index contributed by atoms with van der Waals surface area (Å²) in [4.78, 5) is 15.7. The molecule has 0 saturated heterocycles. The Hall–Kier alpha value is -3.46. The first-order valence-electron chi connectivity index (χ1n) is 10.5. The maximum Gasteiger partial charge on any atom is 0.337 e. The number of aromatic carboxylic acids is 1. The van der Waals surface area contributed by atoms with Gasteiger partial charge in [-0.1, -0.05) is 48.0 Å². The fourth-order valence-corrected chi connectivity index (χ4v) is 5.14. The number of carboxylic acids is 1. The Balaban J connectivity index is 1.88. The molecule has 4 rings (SSSR count). The Morgan fingerprint density at radius 3 is 2.31 bits per heavy atom. The summed E-state index contributed by atoms with van der Waals surface area (Å²) >= 11 is 12.9. The third-order valence-electron chi connectivity index (χ3n) is 5.48. The van der Waals surface area contributed by atoms with Crippen molar-refractivity contribution in [1.29, 1.82) is 0 Å². The largest absolute Gasteiger partial charge is 0.478 e. The lowest BCUT2D eigenvalue weighted by atomic mass is 10.0. The molecule has 1 N–H and O–H groups in total. The van der Waals surface area contributed by atoms with Crippen molar-refractivity contribution >= 4 is 44.6 Å². The summed E-state index contributed by atoms with van der Waals surface area (Å²) in [5, 5.41) is 9.80. The van der Waals surface area contributed by atoms with Crippen LogP contribution >= 0.6 is 23.2 Å². The number of allylic oxidation sites excluding steroid dienone is 1. The summed E-state index contributed by atoms with van der Waals surface area (Å²) < 4.78 is 40.7. The molecule has 0 fully saturated rings. The zero-order chi connectivity index (χ0) is 26.4. The Labute approximate surface area is 217 Å². The first kappa shape index (κ1) is 25.6. The summed E-state index contributed by atoms with van der Waals surface area (Å²) in [7, 11) is -3.80. The van der Waals surface area contributed by atoms with Gasteiger partial charge in [0.1, 0.15) is 11.6 Å². The van der Waals surface area contributed by atoms with E-state index in [0.717, 1.165) is 6.26 Å². The summed E-state index contributed by atoms with van der Waals surface area (Å²) in [6, 6.07) is 13.3. The predicted molar refractivity (Wildman–Crippen MR) is 139 cm³/mol. The molecule has 3 aromatic carbocycles. The van der Waals surface area contributed by atoms with Crippen LogP contribution in [0.3, 0.4) is 0 Å². The van der Waals surface area contributed by atoms with Gasteiger partial charge in [-0.15, -0.1) is 0 Å². The minimum Gasteiger partial charge on any atom is -0.478 e. The van der Waals surface area contributed by atoms with Gasteiger partial charge in [-0.25, -0.2) is 22.6 Å². The maximum absolute atomic E-state index is 14.8. The second kappa shape index (κ2) is 9.54. The SMILES string of the molecule is C=C(C)c1cn(-c2ccc(-c3ccc(C(=O)O)c(S(C)(=O)=O)c3)cc2Cl)c(-c2c(F)cccc2Cl)n1. The van der Waals surface area contributed by atoms with E-state index in [1.165, 1.54) is 30.3 Å². The molecular weight excluding hydrogens is 526 g/mol. The molecule has 1 aromatic heterocycles. The summed E-state index contributed by atoms with van der Waals surface area (Å²) in [5.74, 6) is -1.67. The summed E-state index contributed by atoms with van der Waals surface area (Å²) in [6.07, 6.45) is 2.62. The van der Waals surface area contributed by atoms with Gasteiger partial charge in [0.25, 0.3) is 0 Å². The fourth-order valence-electron chi connectivity index (χ4n) is 3.72. The van der Waals surface area contributed by atoms with Gasteiger partial charge in [-0.2, -0.15) is 0 Å². The van der Waals surface area contributed by atoms with Gasteiger partial charge in [-0.3, -0.25) is 4.57 Å². The van der Waals surface area contributed by atoms with Crippen LogP contribution in [0.25, 0.3) is 33.8 Å². The van der Waals surface area contributed by atoms with Crippen LogP contribution in [0.5, 0.6) is 0 Å². The lowest BCUT2D eigenvalue weighted by Crippen LogP contribution is -2.07. The molecule has 10 heteroatoms. The van der Waals surface area contributed by atoms with E-state index < -0.39 is 21.6 Å². The molecule has 0 radical (unpaired) electrons. The number of hydrogen-bond acceptors (Lipinski definition) is 4. The minimum atomic E-state index is -3.80. The Bertz CT molecular complexity index is 1640. The zero-order valence-electron chi connectivity index (χ0n) is 19.1. The molecule has 0 spiro atoms. The first-order chi connectivity index (χ1) is 16.9. The third kappa shape index (κ3) is 4.80. The van der Waals surface area contributed by atoms with Crippen LogP contribution in [0.15, 0.2) is 72.3 Å². The van der Waals surface area contributed by atoms with Crippen LogP contribution in [0.1, 0.15) is 23.0 Å². The van der Waals surface area contributed by atoms with Crippen molar-refractivity contribution in [1.82, 2.24) is 9.55 Å². The average molecular weight is 545 g/mol. The van der Waals surface area contributed by atoms with E-state index in [1.54, 1.807) is 42.0 Å². The molecule has 1 heterocycles.